The van der Waals surface area contributed by atoms with Gasteiger partial charge in [-0.25, -0.2) is 0 Å². The molecule has 0 radical (unpaired) electrons. The molecular weight excluding hydrogens is 478 g/mol. The summed E-state index contributed by atoms with van der Waals surface area (Å²) < 4.78 is 0. The second kappa shape index (κ2) is 13.1. The third-order valence-corrected chi connectivity index (χ3v) is 4.92. The summed E-state index contributed by atoms with van der Waals surface area (Å²) in [6.07, 6.45) is 0. The minimum atomic E-state index is 0. The normalized spacial score (nSPS) is 9.72. The van der Waals surface area contributed by atoms with E-state index in [1.165, 1.54) is 32.9 Å². The van der Waals surface area contributed by atoms with E-state index in [9.17, 15) is 0 Å². The first-order chi connectivity index (χ1) is 13.5. The van der Waals surface area contributed by atoms with Gasteiger partial charge in [-0.2, -0.15) is 35.0 Å². The fraction of sp³-hybridized carbons (Fsp3) is 0.250. The van der Waals surface area contributed by atoms with Gasteiger partial charge in [0.05, 0.1) is 0 Å². The zero-order valence-electron chi connectivity index (χ0n) is 17.5. The molecule has 0 saturated carbocycles. The molecule has 0 aliphatic rings. The van der Waals surface area contributed by atoms with Crippen LogP contribution < -0.4 is 9.80 Å². The summed E-state index contributed by atoms with van der Waals surface area (Å²) in [6.45, 7) is 0. The van der Waals surface area contributed by atoms with Crippen molar-refractivity contribution in [2.24, 2.45) is 0 Å². The summed E-state index contributed by atoms with van der Waals surface area (Å²) in [5, 5.41) is 5.28. The predicted octanol–water partition coefficient (Wildman–Crippen LogP) is 6.71. The number of anilines is 2. The third-order valence-electron chi connectivity index (χ3n) is 4.35. The van der Waals surface area contributed by atoms with E-state index < -0.39 is 0 Å². The average molecular weight is 507 g/mol. The van der Waals surface area contributed by atoms with Crippen LogP contribution in [0.3, 0.4) is 0 Å². The Balaban J connectivity index is 0.000000239. The minimum Gasteiger partial charge on any atom is -0.379 e. The van der Waals surface area contributed by atoms with Gasteiger partial charge in [0.2, 0.25) is 0 Å². The number of fused-ring (bicyclic) bond motifs is 2. The molecule has 0 fully saturated rings. The molecule has 4 rings (SSSR count). The van der Waals surface area contributed by atoms with E-state index in [4.69, 9.17) is 23.2 Å². The summed E-state index contributed by atoms with van der Waals surface area (Å²) in [5.41, 5.74) is 2.52. The van der Waals surface area contributed by atoms with E-state index in [2.05, 4.69) is 111 Å². The van der Waals surface area contributed by atoms with Gasteiger partial charge in [-0.15, -0.1) is 58.2 Å². The van der Waals surface area contributed by atoms with Crippen molar-refractivity contribution in [3.05, 3.63) is 72.8 Å². The van der Waals surface area contributed by atoms with Crippen molar-refractivity contribution < 1.29 is 26.2 Å². The zero-order chi connectivity index (χ0) is 20.5. The van der Waals surface area contributed by atoms with Gasteiger partial charge in [-0.05, 0) is 0 Å². The first kappa shape index (κ1) is 25.8. The Labute approximate surface area is 203 Å². The second-order valence-corrected chi connectivity index (χ2v) is 7.60. The summed E-state index contributed by atoms with van der Waals surface area (Å²) in [7, 11) is 8.24. The number of halogens is 2. The molecule has 5 heteroatoms. The van der Waals surface area contributed by atoms with Gasteiger partial charge in [-0.3, -0.25) is 0 Å². The van der Waals surface area contributed by atoms with Crippen molar-refractivity contribution in [2.45, 2.75) is 0 Å². The van der Waals surface area contributed by atoms with Crippen molar-refractivity contribution in [1.29, 1.82) is 0 Å². The van der Waals surface area contributed by atoms with Crippen LogP contribution in [0, 0.1) is 0 Å². The maximum Gasteiger partial charge on any atom is 2.00 e. The van der Waals surface area contributed by atoms with Crippen LogP contribution in [0.15, 0.2) is 72.8 Å². The van der Waals surface area contributed by atoms with Gasteiger partial charge >= 0.3 is 26.2 Å². The van der Waals surface area contributed by atoms with Crippen LogP contribution in [0.4, 0.5) is 11.4 Å². The van der Waals surface area contributed by atoms with E-state index in [0.717, 1.165) is 0 Å². The molecule has 0 bridgehead atoms. The molecule has 4 aromatic carbocycles. The molecule has 0 spiro atoms. The van der Waals surface area contributed by atoms with E-state index in [0.29, 0.717) is 11.8 Å². The van der Waals surface area contributed by atoms with Gasteiger partial charge in [0.15, 0.2) is 0 Å². The predicted molar refractivity (Wildman–Crippen MR) is 129 cm³/mol. The molecule has 4 aromatic rings. The van der Waals surface area contributed by atoms with Gasteiger partial charge in [0, 0.05) is 51.3 Å². The number of nitrogens with zero attached hydrogens (tertiary/aromatic N) is 2. The summed E-state index contributed by atoms with van der Waals surface area (Å²) in [5.74, 6) is 1.11. The Kier molecular flexibility index (Phi) is 11.6. The van der Waals surface area contributed by atoms with Crippen molar-refractivity contribution in [2.75, 3.05) is 49.8 Å². The summed E-state index contributed by atoms with van der Waals surface area (Å²) in [4.78, 5) is 4.24. The first-order valence-electron chi connectivity index (χ1n) is 9.23. The summed E-state index contributed by atoms with van der Waals surface area (Å²) >= 11 is 10.1. The number of hydrogen-bond acceptors (Lipinski definition) is 2. The molecule has 29 heavy (non-hydrogen) atoms. The van der Waals surface area contributed by atoms with Gasteiger partial charge < -0.3 is 9.80 Å². The topological polar surface area (TPSA) is 6.48 Å². The molecule has 0 N–H and O–H groups in total. The van der Waals surface area contributed by atoms with Crippen molar-refractivity contribution in [3.8, 4) is 0 Å². The van der Waals surface area contributed by atoms with Crippen LogP contribution in [-0.4, -0.2) is 40.0 Å². The Morgan fingerprint density at radius 1 is 0.655 bits per heavy atom. The van der Waals surface area contributed by atoms with Gasteiger partial charge in [0.1, 0.15) is 0 Å². The fourth-order valence-corrected chi connectivity index (χ4v) is 2.78. The maximum absolute atomic E-state index is 5.05. The fourth-order valence-electron chi connectivity index (χ4n) is 2.78. The molecule has 0 unspecified atom stereocenters. The van der Waals surface area contributed by atoms with E-state index in [1.54, 1.807) is 0 Å². The molecule has 0 aliphatic heterocycles. The largest absolute Gasteiger partial charge is 2.00 e. The molecular formula is C24H28Cl2N2Zr. The molecule has 0 aliphatic carbocycles. The van der Waals surface area contributed by atoms with Gasteiger partial charge in [0.25, 0.3) is 0 Å². The van der Waals surface area contributed by atoms with Crippen molar-refractivity contribution in [3.63, 3.8) is 0 Å². The summed E-state index contributed by atoms with van der Waals surface area (Å²) in [6, 6.07) is 25.7. The Morgan fingerprint density at radius 2 is 1.03 bits per heavy atom. The number of benzene rings is 2. The molecule has 0 heterocycles. The Morgan fingerprint density at radius 3 is 1.34 bits per heavy atom. The van der Waals surface area contributed by atoms with E-state index >= 15 is 0 Å². The van der Waals surface area contributed by atoms with Crippen molar-refractivity contribution >= 4 is 56.1 Å². The Hall–Kier alpha value is -1.28. The second-order valence-electron chi connectivity index (χ2n) is 6.84. The number of alkyl halides is 2. The SMILES string of the molecule is CN(C)c1ccc2[cH-]ccc2c1.CN(C)c1ccc2[cH-]ccc2c1.ClCCCl.[Zr+2]. The standard InChI is InChI=1S/2C11H12N.C2H4Cl2.Zr/c2*1-12(2)11-7-6-9-4-3-5-10(9)8-11;3-1-2-4;/h2*3-8H,1-2H3;1-2H2;/q2*-1;;+2. The first-order valence-corrected chi connectivity index (χ1v) is 10.3. The Bertz CT molecular complexity index is 893. The molecule has 0 amide bonds. The smallest absolute Gasteiger partial charge is 0.379 e. The molecule has 2 nitrogen and oxygen atoms in total. The molecule has 0 atom stereocenters. The quantitative estimate of drug-likeness (QED) is 0.225. The number of rotatable bonds is 3. The van der Waals surface area contributed by atoms with E-state index in [1.807, 2.05) is 0 Å². The van der Waals surface area contributed by atoms with Gasteiger partial charge in [-0.1, -0.05) is 24.3 Å². The zero-order valence-corrected chi connectivity index (χ0v) is 21.5. The minimum absolute atomic E-state index is 0. The maximum atomic E-state index is 5.05. The molecule has 0 aromatic heterocycles. The third kappa shape index (κ3) is 7.81. The van der Waals surface area contributed by atoms with Crippen LogP contribution in [0.1, 0.15) is 0 Å². The van der Waals surface area contributed by atoms with Crippen LogP contribution in [-0.2, 0) is 26.2 Å². The van der Waals surface area contributed by atoms with Crippen LogP contribution >= 0.6 is 23.2 Å². The van der Waals surface area contributed by atoms with Crippen LogP contribution in [0.2, 0.25) is 0 Å². The molecule has 0 saturated heterocycles. The van der Waals surface area contributed by atoms with Crippen LogP contribution in [0.25, 0.3) is 21.5 Å². The monoisotopic (exact) mass is 504 g/mol. The van der Waals surface area contributed by atoms with Crippen molar-refractivity contribution in [1.82, 2.24) is 0 Å². The van der Waals surface area contributed by atoms with E-state index in [-0.39, 0.29) is 26.2 Å². The molecule has 152 valence electrons. The van der Waals surface area contributed by atoms with Crippen LogP contribution in [0.5, 0.6) is 0 Å². The average Bonchev–Trinajstić information content (AvgIpc) is 3.36. The number of hydrogen-bond donors (Lipinski definition) is 0.